The number of hydrogen-bond donors (Lipinski definition) is 1. The fourth-order valence-corrected chi connectivity index (χ4v) is 1.04. The highest BCUT2D eigenvalue weighted by Gasteiger charge is 2.20. The Hall–Kier alpha value is -0.0500. The first-order chi connectivity index (χ1) is 6.30. The Balaban J connectivity index is 3.97. The van der Waals surface area contributed by atoms with Crippen molar-refractivity contribution in [3.8, 4) is 0 Å². The molecule has 0 saturated heterocycles. The number of halogens is 1. The molecule has 0 spiro atoms. The van der Waals surface area contributed by atoms with Crippen molar-refractivity contribution in [2.45, 2.75) is 34.6 Å². The number of amides is 1. The van der Waals surface area contributed by atoms with E-state index >= 15 is 0 Å². The molecule has 14 heavy (non-hydrogen) atoms. The first kappa shape index (κ1) is 13.9. The Morgan fingerprint density at radius 2 is 1.86 bits per heavy atom. The second-order valence-corrected chi connectivity index (χ2v) is 5.61. The quantitative estimate of drug-likeness (QED) is 0.760. The predicted octanol–water partition coefficient (Wildman–Crippen LogP) is 2.82. The minimum Gasteiger partial charge on any atom is -0.355 e. The van der Waals surface area contributed by atoms with E-state index in [9.17, 15) is 4.79 Å². The van der Waals surface area contributed by atoms with Gasteiger partial charge in [-0.2, -0.15) is 0 Å². The first-order valence-electron chi connectivity index (χ1n) is 5.14. The van der Waals surface area contributed by atoms with Gasteiger partial charge >= 0.3 is 0 Å². The Kier molecular flexibility index (Phi) is 5.72. The largest absolute Gasteiger partial charge is 0.355 e. The summed E-state index contributed by atoms with van der Waals surface area (Å²) in [5.41, 5.74) is 0.131. The number of hydrogen-bond acceptors (Lipinski definition) is 1. The highest BCUT2D eigenvalue weighted by atomic mass is 79.9. The second kappa shape index (κ2) is 5.74. The lowest BCUT2D eigenvalue weighted by Gasteiger charge is -2.24. The van der Waals surface area contributed by atoms with Crippen LogP contribution in [0.3, 0.4) is 0 Å². The van der Waals surface area contributed by atoms with E-state index in [0.717, 1.165) is 11.9 Å². The standard InChI is InChI=1S/C11H22BrNO/c1-8(2)9(3)10(14)13-7-11(4,5)6-12/h8-9H,6-7H2,1-5H3,(H,13,14). The van der Waals surface area contributed by atoms with E-state index in [1.807, 2.05) is 6.92 Å². The van der Waals surface area contributed by atoms with Crippen molar-refractivity contribution in [1.29, 1.82) is 0 Å². The van der Waals surface area contributed by atoms with Gasteiger partial charge in [0.1, 0.15) is 0 Å². The van der Waals surface area contributed by atoms with E-state index in [1.165, 1.54) is 0 Å². The van der Waals surface area contributed by atoms with Crippen LogP contribution in [0.25, 0.3) is 0 Å². The molecule has 1 unspecified atom stereocenters. The van der Waals surface area contributed by atoms with Gasteiger partial charge in [0.2, 0.25) is 5.91 Å². The molecule has 0 aliphatic heterocycles. The molecule has 0 aliphatic carbocycles. The van der Waals surface area contributed by atoms with Gasteiger partial charge in [0, 0.05) is 17.8 Å². The maximum atomic E-state index is 11.6. The zero-order chi connectivity index (χ0) is 11.4. The lowest BCUT2D eigenvalue weighted by Crippen LogP contribution is -2.38. The van der Waals surface area contributed by atoms with Crippen LogP contribution in [-0.2, 0) is 4.79 Å². The van der Waals surface area contributed by atoms with Gasteiger partial charge in [-0.3, -0.25) is 4.79 Å². The third kappa shape index (κ3) is 4.99. The molecule has 1 N–H and O–H groups in total. The maximum absolute atomic E-state index is 11.6. The van der Waals surface area contributed by atoms with Gasteiger partial charge < -0.3 is 5.32 Å². The van der Waals surface area contributed by atoms with Crippen molar-refractivity contribution in [2.24, 2.45) is 17.3 Å². The Morgan fingerprint density at radius 3 is 2.21 bits per heavy atom. The van der Waals surface area contributed by atoms with Crippen molar-refractivity contribution < 1.29 is 4.79 Å². The van der Waals surface area contributed by atoms with Gasteiger partial charge in [-0.05, 0) is 11.3 Å². The summed E-state index contributed by atoms with van der Waals surface area (Å²) in [7, 11) is 0. The maximum Gasteiger partial charge on any atom is 0.223 e. The van der Waals surface area contributed by atoms with Crippen LogP contribution in [0.1, 0.15) is 34.6 Å². The molecule has 0 saturated carbocycles. The van der Waals surface area contributed by atoms with Gasteiger partial charge in [-0.15, -0.1) is 0 Å². The predicted molar refractivity (Wildman–Crippen MR) is 64.6 cm³/mol. The molecule has 0 aromatic heterocycles. The molecule has 0 rings (SSSR count). The molecule has 84 valence electrons. The van der Waals surface area contributed by atoms with Crippen molar-refractivity contribution in [3.63, 3.8) is 0 Å². The topological polar surface area (TPSA) is 29.1 Å². The van der Waals surface area contributed by atoms with Crippen LogP contribution in [0.5, 0.6) is 0 Å². The number of rotatable bonds is 5. The van der Waals surface area contributed by atoms with Crippen LogP contribution in [0.15, 0.2) is 0 Å². The monoisotopic (exact) mass is 263 g/mol. The number of nitrogens with one attached hydrogen (secondary N) is 1. The zero-order valence-electron chi connectivity index (χ0n) is 9.86. The van der Waals surface area contributed by atoms with Crippen LogP contribution in [0.2, 0.25) is 0 Å². The number of carbonyl (C=O) groups excluding carboxylic acids is 1. The van der Waals surface area contributed by atoms with E-state index in [-0.39, 0.29) is 17.2 Å². The van der Waals surface area contributed by atoms with Crippen molar-refractivity contribution in [1.82, 2.24) is 5.32 Å². The molecule has 0 fully saturated rings. The van der Waals surface area contributed by atoms with Crippen LogP contribution in [0, 0.1) is 17.3 Å². The summed E-state index contributed by atoms with van der Waals surface area (Å²) in [6.07, 6.45) is 0. The average molecular weight is 264 g/mol. The number of carbonyl (C=O) groups is 1. The molecule has 0 heterocycles. The first-order valence-corrected chi connectivity index (χ1v) is 6.26. The summed E-state index contributed by atoms with van der Waals surface area (Å²) in [6, 6.07) is 0. The third-order valence-corrected chi connectivity index (χ3v) is 4.03. The highest BCUT2D eigenvalue weighted by molar-refractivity contribution is 9.09. The van der Waals surface area contributed by atoms with Gasteiger partial charge in [-0.25, -0.2) is 0 Å². The molecule has 0 bridgehead atoms. The van der Waals surface area contributed by atoms with E-state index in [4.69, 9.17) is 0 Å². The van der Waals surface area contributed by atoms with Crippen LogP contribution in [0.4, 0.5) is 0 Å². The Morgan fingerprint density at radius 1 is 1.36 bits per heavy atom. The van der Waals surface area contributed by atoms with Crippen LogP contribution >= 0.6 is 15.9 Å². The fourth-order valence-electron chi connectivity index (χ4n) is 0.837. The molecule has 1 amide bonds. The summed E-state index contributed by atoms with van der Waals surface area (Å²) < 4.78 is 0. The normalized spacial score (nSPS) is 14.2. The zero-order valence-corrected chi connectivity index (χ0v) is 11.4. The summed E-state index contributed by atoms with van der Waals surface area (Å²) in [5.74, 6) is 0.664. The van der Waals surface area contributed by atoms with Gasteiger partial charge in [-0.1, -0.05) is 50.5 Å². The third-order valence-electron chi connectivity index (χ3n) is 2.52. The van der Waals surface area contributed by atoms with Crippen molar-refractivity contribution >= 4 is 21.8 Å². The van der Waals surface area contributed by atoms with Crippen molar-refractivity contribution in [3.05, 3.63) is 0 Å². The average Bonchev–Trinajstić information content (AvgIpc) is 2.13. The minimum atomic E-state index is 0.0983. The Bertz CT molecular complexity index is 190. The van der Waals surface area contributed by atoms with Gasteiger partial charge in [0.25, 0.3) is 0 Å². The molecule has 2 nitrogen and oxygen atoms in total. The summed E-state index contributed by atoms with van der Waals surface area (Å²) in [5, 5.41) is 3.89. The molecular formula is C11H22BrNO. The van der Waals surface area contributed by atoms with E-state index in [2.05, 4.69) is 48.9 Å². The fraction of sp³-hybridized carbons (Fsp3) is 0.909. The summed E-state index contributed by atoms with van der Waals surface area (Å²) in [6.45, 7) is 11.1. The van der Waals surface area contributed by atoms with Crippen LogP contribution in [-0.4, -0.2) is 17.8 Å². The second-order valence-electron chi connectivity index (χ2n) is 5.05. The van der Waals surface area contributed by atoms with E-state index < -0.39 is 0 Å². The lowest BCUT2D eigenvalue weighted by atomic mass is 9.94. The van der Waals surface area contributed by atoms with Gasteiger partial charge in [0.15, 0.2) is 0 Å². The van der Waals surface area contributed by atoms with E-state index in [0.29, 0.717) is 5.92 Å². The SMILES string of the molecule is CC(C)C(C)C(=O)NCC(C)(C)CBr. The number of alkyl halides is 1. The Labute approximate surface area is 96.0 Å². The molecule has 0 aromatic carbocycles. The minimum absolute atomic E-state index is 0.0983. The molecule has 0 radical (unpaired) electrons. The van der Waals surface area contributed by atoms with Crippen molar-refractivity contribution in [2.75, 3.05) is 11.9 Å². The molecule has 0 aromatic rings. The highest BCUT2D eigenvalue weighted by Crippen LogP contribution is 2.17. The van der Waals surface area contributed by atoms with E-state index in [1.54, 1.807) is 0 Å². The molecular weight excluding hydrogens is 242 g/mol. The van der Waals surface area contributed by atoms with Gasteiger partial charge in [0.05, 0.1) is 0 Å². The van der Waals surface area contributed by atoms with Crippen LogP contribution < -0.4 is 5.32 Å². The smallest absolute Gasteiger partial charge is 0.223 e. The lowest BCUT2D eigenvalue weighted by molar-refractivity contribution is -0.126. The molecule has 3 heteroatoms. The molecule has 1 atom stereocenters. The summed E-state index contributed by atoms with van der Waals surface area (Å²) >= 11 is 3.44. The summed E-state index contributed by atoms with van der Waals surface area (Å²) in [4.78, 5) is 11.6. The molecule has 0 aliphatic rings.